The molecule has 1 N–H and O–H groups in total. The second-order valence-corrected chi connectivity index (χ2v) is 4.29. The highest BCUT2D eigenvalue weighted by Gasteiger charge is 2.18. The van der Waals surface area contributed by atoms with Crippen molar-refractivity contribution >= 4 is 0 Å². The summed E-state index contributed by atoms with van der Waals surface area (Å²) < 4.78 is 0. The van der Waals surface area contributed by atoms with Crippen LogP contribution in [0.5, 0.6) is 0 Å². The third-order valence-corrected chi connectivity index (χ3v) is 1.95. The van der Waals surface area contributed by atoms with Gasteiger partial charge in [-0.25, -0.2) is 0 Å². The summed E-state index contributed by atoms with van der Waals surface area (Å²) in [6.45, 7) is 13.7. The zero-order valence-corrected chi connectivity index (χ0v) is 9.31. The summed E-state index contributed by atoms with van der Waals surface area (Å²) in [6, 6.07) is 0. The van der Waals surface area contributed by atoms with Gasteiger partial charge in [0, 0.05) is 0 Å². The molecule has 0 spiro atoms. The first kappa shape index (κ1) is 12.0. The lowest BCUT2D eigenvalue weighted by Crippen LogP contribution is -2.11. The normalized spacial score (nSPS) is 14.5. The fourth-order valence-electron chi connectivity index (χ4n) is 1.04. The van der Waals surface area contributed by atoms with Crippen molar-refractivity contribution in [1.29, 1.82) is 0 Å². The molecule has 1 nitrogen and oxygen atoms in total. The lowest BCUT2D eigenvalue weighted by Gasteiger charge is -2.22. The number of rotatable bonds is 2. The number of hydrogen-bond donors (Lipinski definition) is 1. The maximum atomic E-state index is 9.40. The van der Waals surface area contributed by atoms with E-state index in [1.165, 1.54) is 0 Å². The van der Waals surface area contributed by atoms with Gasteiger partial charge in [-0.15, -0.1) is 0 Å². The van der Waals surface area contributed by atoms with E-state index in [0.717, 1.165) is 11.1 Å². The zero-order valence-electron chi connectivity index (χ0n) is 9.31. The molecule has 0 aliphatic heterocycles. The first-order valence-corrected chi connectivity index (χ1v) is 4.52. The number of aliphatic hydroxyl groups is 1. The van der Waals surface area contributed by atoms with Crippen LogP contribution < -0.4 is 0 Å². The first-order chi connectivity index (χ1) is 5.79. The fourth-order valence-corrected chi connectivity index (χ4v) is 1.04. The molecule has 0 fully saturated rings. The summed E-state index contributed by atoms with van der Waals surface area (Å²) in [6.07, 6.45) is 3.98. The molecule has 0 aromatic carbocycles. The highest BCUT2D eigenvalue weighted by molar-refractivity contribution is 5.34. The summed E-state index contributed by atoms with van der Waals surface area (Å²) in [5, 5.41) is 9.40. The predicted molar refractivity (Wildman–Crippen MR) is 58.7 cm³/mol. The molecule has 0 bridgehead atoms. The Hall–Kier alpha value is -0.980. The number of aliphatic hydroxyl groups excluding tert-OH is 1. The summed E-state index contributed by atoms with van der Waals surface area (Å²) in [5.41, 5.74) is 1.97. The van der Waals surface area contributed by atoms with Crippen LogP contribution in [0.15, 0.2) is 35.6 Å². The van der Waals surface area contributed by atoms with Gasteiger partial charge in [-0.3, -0.25) is 0 Å². The van der Waals surface area contributed by atoms with Gasteiger partial charge in [-0.1, -0.05) is 45.1 Å². The fraction of sp³-hybridized carbons (Fsp3) is 0.500. The molecule has 0 amide bonds. The van der Waals surface area contributed by atoms with E-state index >= 15 is 0 Å². The van der Waals surface area contributed by atoms with Crippen LogP contribution in [-0.2, 0) is 0 Å². The van der Waals surface area contributed by atoms with Crippen molar-refractivity contribution in [3.8, 4) is 0 Å². The van der Waals surface area contributed by atoms with Gasteiger partial charge in [-0.2, -0.15) is 0 Å². The Morgan fingerprint density at radius 1 is 1.31 bits per heavy atom. The largest absolute Gasteiger partial charge is 0.508 e. The molecule has 0 atom stereocenters. The highest BCUT2D eigenvalue weighted by Crippen LogP contribution is 2.30. The molecular weight excluding hydrogens is 160 g/mol. The van der Waals surface area contributed by atoms with Crippen LogP contribution in [0.3, 0.4) is 0 Å². The summed E-state index contributed by atoms with van der Waals surface area (Å²) in [5.74, 6) is 0.161. The van der Waals surface area contributed by atoms with Crippen molar-refractivity contribution in [3.05, 3.63) is 35.6 Å². The highest BCUT2D eigenvalue weighted by atomic mass is 16.3. The lowest BCUT2D eigenvalue weighted by atomic mass is 9.84. The molecule has 0 rings (SSSR count). The third-order valence-electron chi connectivity index (χ3n) is 1.95. The minimum Gasteiger partial charge on any atom is -0.508 e. The van der Waals surface area contributed by atoms with Gasteiger partial charge in [0.15, 0.2) is 0 Å². The molecule has 0 heterocycles. The molecule has 0 saturated heterocycles. The average molecular weight is 180 g/mol. The van der Waals surface area contributed by atoms with Gasteiger partial charge in [0.1, 0.15) is 5.76 Å². The van der Waals surface area contributed by atoms with Gasteiger partial charge < -0.3 is 5.11 Å². The van der Waals surface area contributed by atoms with Gasteiger partial charge >= 0.3 is 0 Å². The SMILES string of the molecule is C=C(O)/C(=C\C(C)=C/C)C(C)(C)C. The van der Waals surface area contributed by atoms with Gasteiger partial charge in [0.05, 0.1) is 0 Å². The average Bonchev–Trinajstić information content (AvgIpc) is 1.96. The minimum absolute atomic E-state index is 0.0594. The standard InChI is InChI=1S/C12H20O/c1-7-9(2)8-11(10(3)13)12(4,5)6/h7-8,13H,3H2,1-2,4-6H3/b9-7-,11-8+. The molecule has 0 radical (unpaired) electrons. The van der Waals surface area contributed by atoms with Crippen molar-refractivity contribution in [1.82, 2.24) is 0 Å². The van der Waals surface area contributed by atoms with Gasteiger partial charge in [0.25, 0.3) is 0 Å². The predicted octanol–water partition coefficient (Wildman–Crippen LogP) is 4.00. The van der Waals surface area contributed by atoms with E-state index in [1.54, 1.807) is 0 Å². The molecule has 0 aromatic heterocycles. The monoisotopic (exact) mass is 180 g/mol. The molecule has 0 saturated carbocycles. The topological polar surface area (TPSA) is 20.2 Å². The van der Waals surface area contributed by atoms with Crippen molar-refractivity contribution in [2.75, 3.05) is 0 Å². The van der Waals surface area contributed by atoms with Crippen LogP contribution in [0.2, 0.25) is 0 Å². The molecule has 0 aliphatic carbocycles. The van der Waals surface area contributed by atoms with Gasteiger partial charge in [-0.05, 0) is 24.8 Å². The van der Waals surface area contributed by atoms with Crippen molar-refractivity contribution < 1.29 is 5.11 Å². The molecule has 0 aromatic rings. The van der Waals surface area contributed by atoms with Crippen LogP contribution in [0, 0.1) is 5.41 Å². The van der Waals surface area contributed by atoms with Crippen LogP contribution in [0.25, 0.3) is 0 Å². The van der Waals surface area contributed by atoms with E-state index in [2.05, 4.69) is 27.4 Å². The maximum Gasteiger partial charge on any atom is 0.112 e. The van der Waals surface area contributed by atoms with Crippen LogP contribution in [0.4, 0.5) is 0 Å². The van der Waals surface area contributed by atoms with E-state index in [-0.39, 0.29) is 11.2 Å². The second-order valence-electron chi connectivity index (χ2n) is 4.29. The number of hydrogen-bond acceptors (Lipinski definition) is 1. The van der Waals surface area contributed by atoms with E-state index in [1.807, 2.05) is 26.0 Å². The van der Waals surface area contributed by atoms with E-state index in [9.17, 15) is 5.11 Å². The van der Waals surface area contributed by atoms with Gasteiger partial charge in [0.2, 0.25) is 0 Å². The minimum atomic E-state index is -0.0594. The Bertz CT molecular complexity index is 249. The Labute approximate surface area is 81.5 Å². The van der Waals surface area contributed by atoms with E-state index in [0.29, 0.717) is 0 Å². The summed E-state index contributed by atoms with van der Waals surface area (Å²) in [7, 11) is 0. The Morgan fingerprint density at radius 3 is 2.00 bits per heavy atom. The summed E-state index contributed by atoms with van der Waals surface area (Å²) in [4.78, 5) is 0. The second kappa shape index (κ2) is 4.31. The third kappa shape index (κ3) is 3.97. The first-order valence-electron chi connectivity index (χ1n) is 4.52. The van der Waals surface area contributed by atoms with Crippen molar-refractivity contribution in [2.45, 2.75) is 34.6 Å². The Morgan fingerprint density at radius 2 is 1.77 bits per heavy atom. The zero-order chi connectivity index (χ0) is 10.6. The van der Waals surface area contributed by atoms with Crippen LogP contribution >= 0.6 is 0 Å². The molecular formula is C12H20O. The van der Waals surface area contributed by atoms with E-state index < -0.39 is 0 Å². The number of allylic oxidation sites excluding steroid dienone is 4. The molecule has 74 valence electrons. The van der Waals surface area contributed by atoms with Crippen molar-refractivity contribution in [3.63, 3.8) is 0 Å². The van der Waals surface area contributed by atoms with Crippen LogP contribution in [0.1, 0.15) is 34.6 Å². The smallest absolute Gasteiger partial charge is 0.112 e. The quantitative estimate of drug-likeness (QED) is 0.503. The lowest BCUT2D eigenvalue weighted by molar-refractivity contribution is 0.381. The van der Waals surface area contributed by atoms with E-state index in [4.69, 9.17) is 0 Å². The Kier molecular flexibility index (Phi) is 3.99. The molecule has 0 unspecified atom stereocenters. The molecule has 0 aliphatic rings. The van der Waals surface area contributed by atoms with Crippen molar-refractivity contribution in [2.24, 2.45) is 5.41 Å². The summed E-state index contributed by atoms with van der Waals surface area (Å²) >= 11 is 0. The Balaban J connectivity index is 5.06. The van der Waals surface area contributed by atoms with Crippen LogP contribution in [-0.4, -0.2) is 5.11 Å². The molecule has 13 heavy (non-hydrogen) atoms. The maximum absolute atomic E-state index is 9.40. The molecule has 1 heteroatoms.